The number of hydrogen-bond donors (Lipinski definition) is 1. The Bertz CT molecular complexity index is 784. The fourth-order valence-electron chi connectivity index (χ4n) is 2.83. The maximum atomic E-state index is 13.0. The molecule has 0 bridgehead atoms. The number of nitrogens with zero attached hydrogens (tertiary/aromatic N) is 2. The Morgan fingerprint density at radius 3 is 1.67 bits per heavy atom. The molecular weight excluding hydrogens is 329 g/mol. The second-order valence-corrected chi connectivity index (χ2v) is 7.62. The molecule has 1 heterocycles. The molecule has 0 unspecified atom stereocenters. The molecule has 1 N–H and O–H groups in total. The second kappa shape index (κ2) is 6.68. The Hall–Kier alpha value is -2.28. The molecule has 24 heavy (non-hydrogen) atoms. The van der Waals surface area contributed by atoms with Crippen LogP contribution in [0, 0.1) is 5.82 Å². The van der Waals surface area contributed by atoms with Gasteiger partial charge in [-0.2, -0.15) is 0 Å². The van der Waals surface area contributed by atoms with Crippen LogP contribution < -0.4 is 14.5 Å². The summed E-state index contributed by atoms with van der Waals surface area (Å²) in [6.45, 7) is 3.43. The molecule has 0 radical (unpaired) electrons. The van der Waals surface area contributed by atoms with E-state index in [-0.39, 0.29) is 5.82 Å². The lowest BCUT2D eigenvalue weighted by Crippen LogP contribution is -2.46. The van der Waals surface area contributed by atoms with Gasteiger partial charge in [0.25, 0.3) is 0 Å². The molecule has 3 rings (SSSR count). The molecule has 0 spiro atoms. The van der Waals surface area contributed by atoms with Gasteiger partial charge in [0.2, 0.25) is 10.0 Å². The van der Waals surface area contributed by atoms with Crippen molar-refractivity contribution < 1.29 is 12.8 Å². The van der Waals surface area contributed by atoms with Crippen LogP contribution in [0.5, 0.6) is 0 Å². The molecule has 7 heteroatoms. The van der Waals surface area contributed by atoms with Crippen molar-refractivity contribution in [1.82, 2.24) is 0 Å². The summed E-state index contributed by atoms with van der Waals surface area (Å²) < 4.78 is 37.9. The van der Waals surface area contributed by atoms with Crippen LogP contribution in [0.1, 0.15) is 0 Å². The van der Waals surface area contributed by atoms with Crippen molar-refractivity contribution in [2.24, 2.45) is 0 Å². The summed E-state index contributed by atoms with van der Waals surface area (Å²) in [5.41, 5.74) is 2.66. The normalized spacial score (nSPS) is 15.4. The summed E-state index contributed by atoms with van der Waals surface area (Å²) in [4.78, 5) is 4.49. The van der Waals surface area contributed by atoms with Crippen molar-refractivity contribution >= 4 is 27.1 Å². The predicted octanol–water partition coefficient (Wildman–Crippen LogP) is 2.52. The van der Waals surface area contributed by atoms with E-state index >= 15 is 0 Å². The Kier molecular flexibility index (Phi) is 4.62. The van der Waals surface area contributed by atoms with E-state index in [2.05, 4.69) is 14.5 Å². The largest absolute Gasteiger partial charge is 0.368 e. The zero-order valence-electron chi connectivity index (χ0n) is 13.4. The first-order chi connectivity index (χ1) is 11.4. The van der Waals surface area contributed by atoms with E-state index in [0.717, 1.165) is 43.8 Å². The lowest BCUT2D eigenvalue weighted by atomic mass is 10.2. The highest BCUT2D eigenvalue weighted by atomic mass is 32.2. The monoisotopic (exact) mass is 349 g/mol. The lowest BCUT2D eigenvalue weighted by molar-refractivity contribution is 0.607. The maximum absolute atomic E-state index is 13.0. The average Bonchev–Trinajstić information content (AvgIpc) is 2.55. The van der Waals surface area contributed by atoms with Gasteiger partial charge in [-0.05, 0) is 48.5 Å². The van der Waals surface area contributed by atoms with Gasteiger partial charge in [0.05, 0.1) is 6.26 Å². The maximum Gasteiger partial charge on any atom is 0.229 e. The summed E-state index contributed by atoms with van der Waals surface area (Å²) in [6.07, 6.45) is 1.13. The van der Waals surface area contributed by atoms with E-state index < -0.39 is 10.0 Å². The van der Waals surface area contributed by atoms with Gasteiger partial charge in [-0.25, -0.2) is 12.8 Å². The zero-order chi connectivity index (χ0) is 17.2. The molecule has 1 aliphatic rings. The molecule has 0 aromatic heterocycles. The Balaban J connectivity index is 1.61. The van der Waals surface area contributed by atoms with Crippen LogP contribution in [-0.4, -0.2) is 40.9 Å². The molecule has 1 aliphatic heterocycles. The minimum Gasteiger partial charge on any atom is -0.368 e. The first kappa shape index (κ1) is 16.6. The highest BCUT2D eigenvalue weighted by molar-refractivity contribution is 7.92. The molecule has 0 atom stereocenters. The standard InChI is InChI=1S/C17H20FN3O2S/c1-24(22,23)19-15-4-8-17(9-5-15)21-12-10-20(11-13-21)16-6-2-14(18)3-7-16/h2-9,19H,10-13H2,1H3. The SMILES string of the molecule is CS(=O)(=O)Nc1ccc(N2CCN(c3ccc(F)cc3)CC2)cc1. The topological polar surface area (TPSA) is 52.7 Å². The highest BCUT2D eigenvalue weighted by Crippen LogP contribution is 2.22. The van der Waals surface area contributed by atoms with Gasteiger partial charge in [0, 0.05) is 43.2 Å². The van der Waals surface area contributed by atoms with E-state index in [1.54, 1.807) is 24.3 Å². The number of sulfonamides is 1. The summed E-state index contributed by atoms with van der Waals surface area (Å²) in [7, 11) is -3.25. The molecular formula is C17H20FN3O2S. The van der Waals surface area contributed by atoms with E-state index in [1.165, 1.54) is 12.1 Å². The molecule has 0 saturated carbocycles. The third kappa shape index (κ3) is 4.17. The van der Waals surface area contributed by atoms with Crippen LogP contribution in [0.15, 0.2) is 48.5 Å². The average molecular weight is 349 g/mol. The van der Waals surface area contributed by atoms with Gasteiger partial charge in [0.15, 0.2) is 0 Å². The quantitative estimate of drug-likeness (QED) is 0.922. The van der Waals surface area contributed by atoms with Crippen LogP contribution in [0.25, 0.3) is 0 Å². The predicted molar refractivity (Wildman–Crippen MR) is 95.7 cm³/mol. The first-order valence-electron chi connectivity index (χ1n) is 7.74. The fourth-order valence-corrected chi connectivity index (χ4v) is 3.39. The van der Waals surface area contributed by atoms with E-state index in [4.69, 9.17) is 0 Å². The van der Waals surface area contributed by atoms with Crippen molar-refractivity contribution in [3.05, 3.63) is 54.3 Å². The minimum atomic E-state index is -3.25. The van der Waals surface area contributed by atoms with Crippen LogP contribution >= 0.6 is 0 Å². The Labute approximate surface area is 141 Å². The first-order valence-corrected chi connectivity index (χ1v) is 9.63. The molecule has 128 valence electrons. The molecule has 0 aliphatic carbocycles. The highest BCUT2D eigenvalue weighted by Gasteiger charge is 2.17. The van der Waals surface area contributed by atoms with Gasteiger partial charge in [0.1, 0.15) is 5.82 Å². The van der Waals surface area contributed by atoms with E-state index in [1.807, 2.05) is 12.1 Å². The number of anilines is 3. The third-order valence-electron chi connectivity index (χ3n) is 4.01. The lowest BCUT2D eigenvalue weighted by Gasteiger charge is -2.37. The number of hydrogen-bond acceptors (Lipinski definition) is 4. The molecule has 0 amide bonds. The third-order valence-corrected chi connectivity index (χ3v) is 4.61. The van der Waals surface area contributed by atoms with E-state index in [0.29, 0.717) is 5.69 Å². The fraction of sp³-hybridized carbons (Fsp3) is 0.294. The van der Waals surface area contributed by atoms with E-state index in [9.17, 15) is 12.8 Å². The Morgan fingerprint density at radius 1 is 0.833 bits per heavy atom. The zero-order valence-corrected chi connectivity index (χ0v) is 14.3. The van der Waals surface area contributed by atoms with Crippen LogP contribution in [0.2, 0.25) is 0 Å². The number of rotatable bonds is 4. The van der Waals surface area contributed by atoms with Crippen LogP contribution in [0.3, 0.4) is 0 Å². The molecule has 1 fully saturated rings. The van der Waals surface area contributed by atoms with Gasteiger partial charge in [-0.15, -0.1) is 0 Å². The van der Waals surface area contributed by atoms with Crippen molar-refractivity contribution in [2.45, 2.75) is 0 Å². The van der Waals surface area contributed by atoms with Gasteiger partial charge < -0.3 is 9.80 Å². The number of halogens is 1. The molecule has 1 saturated heterocycles. The van der Waals surface area contributed by atoms with Crippen molar-refractivity contribution in [1.29, 1.82) is 0 Å². The number of nitrogens with one attached hydrogen (secondary N) is 1. The van der Waals surface area contributed by atoms with Crippen molar-refractivity contribution in [3.63, 3.8) is 0 Å². The smallest absolute Gasteiger partial charge is 0.229 e. The summed E-state index contributed by atoms with van der Waals surface area (Å²) in [6, 6.07) is 13.9. The number of piperazine rings is 1. The Morgan fingerprint density at radius 2 is 1.25 bits per heavy atom. The van der Waals surface area contributed by atoms with Crippen molar-refractivity contribution in [3.8, 4) is 0 Å². The molecule has 2 aromatic carbocycles. The van der Waals surface area contributed by atoms with Crippen LogP contribution in [-0.2, 0) is 10.0 Å². The summed E-state index contributed by atoms with van der Waals surface area (Å²) in [5, 5.41) is 0. The molecule has 5 nitrogen and oxygen atoms in total. The summed E-state index contributed by atoms with van der Waals surface area (Å²) >= 11 is 0. The molecule has 2 aromatic rings. The van der Waals surface area contributed by atoms with Crippen LogP contribution in [0.4, 0.5) is 21.5 Å². The van der Waals surface area contributed by atoms with Gasteiger partial charge >= 0.3 is 0 Å². The van der Waals surface area contributed by atoms with Gasteiger partial charge in [-0.3, -0.25) is 4.72 Å². The second-order valence-electron chi connectivity index (χ2n) is 5.87. The number of benzene rings is 2. The van der Waals surface area contributed by atoms with Crippen molar-refractivity contribution in [2.75, 3.05) is 47.0 Å². The van der Waals surface area contributed by atoms with Gasteiger partial charge in [-0.1, -0.05) is 0 Å². The minimum absolute atomic E-state index is 0.222. The summed E-state index contributed by atoms with van der Waals surface area (Å²) in [5.74, 6) is -0.222.